The molecule has 0 spiro atoms. The highest BCUT2D eigenvalue weighted by Crippen LogP contribution is 2.35. The summed E-state index contributed by atoms with van der Waals surface area (Å²) < 4.78 is 18.4. The summed E-state index contributed by atoms with van der Waals surface area (Å²) in [6, 6.07) is 0. The summed E-state index contributed by atoms with van der Waals surface area (Å²) in [4.78, 5) is 36.9. The Balaban J connectivity index is 3.93. The lowest BCUT2D eigenvalue weighted by atomic mass is 10.4. The molecular weight excluding hydrogens is 203 g/mol. The average molecular weight is 212 g/mol. The molecule has 2 N–H and O–H groups in total. The molecular formula is C5H9O7P. The second kappa shape index (κ2) is 5.08. The summed E-state index contributed by atoms with van der Waals surface area (Å²) in [7, 11) is -4.63. The lowest BCUT2D eigenvalue weighted by Crippen LogP contribution is -2.23. The molecule has 0 radical (unpaired) electrons. The Bertz CT molecular complexity index is 231. The van der Waals surface area contributed by atoms with Crippen LogP contribution in [0.3, 0.4) is 0 Å². The maximum Gasteiger partial charge on any atom is 0.469 e. The number of aldehydes is 1. The first kappa shape index (κ1) is 12.2. The maximum absolute atomic E-state index is 10.3. The predicted molar refractivity (Wildman–Crippen MR) is 39.6 cm³/mol. The zero-order valence-corrected chi connectivity index (χ0v) is 7.64. The van der Waals surface area contributed by atoms with Gasteiger partial charge >= 0.3 is 13.8 Å². The number of phosphoric acid groups is 1. The molecule has 8 heteroatoms. The quantitative estimate of drug-likeness (QED) is 0.349. The highest BCUT2D eigenvalue weighted by Gasteiger charge is 2.19. The first-order valence-corrected chi connectivity index (χ1v) is 4.71. The zero-order valence-electron chi connectivity index (χ0n) is 6.74. The summed E-state index contributed by atoms with van der Waals surface area (Å²) in [6.45, 7) is 0.404. The van der Waals surface area contributed by atoms with Gasteiger partial charge in [0.2, 0.25) is 0 Å². The van der Waals surface area contributed by atoms with Crippen molar-refractivity contribution in [3.63, 3.8) is 0 Å². The van der Waals surface area contributed by atoms with Gasteiger partial charge < -0.3 is 14.5 Å². The van der Waals surface area contributed by atoms with Crippen molar-refractivity contribution in [3.8, 4) is 0 Å². The number of carbonyl (C=O) groups is 2. The predicted octanol–water partition coefficient (Wildman–Crippen LogP) is -0.774. The fraction of sp³-hybridized carbons (Fsp3) is 0.600. The highest BCUT2D eigenvalue weighted by molar-refractivity contribution is 7.46. The Morgan fingerprint density at radius 3 is 2.46 bits per heavy atom. The molecule has 0 rings (SSSR count). The Kier molecular flexibility index (Phi) is 4.79. The van der Waals surface area contributed by atoms with Gasteiger partial charge in [0.1, 0.15) is 6.61 Å². The normalized spacial score (nSPS) is 13.5. The van der Waals surface area contributed by atoms with E-state index >= 15 is 0 Å². The van der Waals surface area contributed by atoms with Crippen molar-refractivity contribution in [2.75, 3.05) is 6.61 Å². The van der Waals surface area contributed by atoms with E-state index in [1.807, 2.05) is 0 Å². The number of esters is 1. The summed E-state index contributed by atoms with van der Waals surface area (Å²) >= 11 is 0. The molecule has 0 aliphatic heterocycles. The Morgan fingerprint density at radius 1 is 1.62 bits per heavy atom. The second-order valence-corrected chi connectivity index (χ2v) is 3.31. The fourth-order valence-corrected chi connectivity index (χ4v) is 0.826. The van der Waals surface area contributed by atoms with Gasteiger partial charge in [-0.25, -0.2) is 4.57 Å². The van der Waals surface area contributed by atoms with Gasteiger partial charge in [0.15, 0.2) is 12.4 Å². The van der Waals surface area contributed by atoms with E-state index in [1.165, 1.54) is 0 Å². The molecule has 0 heterocycles. The summed E-state index contributed by atoms with van der Waals surface area (Å²) in [5, 5.41) is 0. The molecule has 13 heavy (non-hydrogen) atoms. The molecule has 1 unspecified atom stereocenters. The highest BCUT2D eigenvalue weighted by atomic mass is 31.2. The van der Waals surface area contributed by atoms with Crippen molar-refractivity contribution in [2.45, 2.75) is 13.0 Å². The number of ether oxygens (including phenoxy) is 1. The molecule has 0 aromatic carbocycles. The Labute approximate surface area is 73.9 Å². The van der Waals surface area contributed by atoms with Crippen LogP contribution in [0, 0.1) is 0 Å². The van der Waals surface area contributed by atoms with Crippen LogP contribution in [0.4, 0.5) is 0 Å². The summed E-state index contributed by atoms with van der Waals surface area (Å²) in [5.74, 6) is -0.730. The topological polar surface area (TPSA) is 110 Å². The van der Waals surface area contributed by atoms with Crippen LogP contribution in [0.2, 0.25) is 0 Å². The molecule has 0 aliphatic rings. The monoisotopic (exact) mass is 212 g/mol. The van der Waals surface area contributed by atoms with Crippen molar-refractivity contribution < 1.29 is 33.2 Å². The van der Waals surface area contributed by atoms with Crippen LogP contribution in [0.1, 0.15) is 6.92 Å². The molecule has 0 saturated heterocycles. The van der Waals surface area contributed by atoms with Crippen LogP contribution in [0.25, 0.3) is 0 Å². The summed E-state index contributed by atoms with van der Waals surface area (Å²) in [5.41, 5.74) is 0. The molecule has 0 aromatic heterocycles. The maximum atomic E-state index is 10.3. The third-order valence-corrected chi connectivity index (χ3v) is 1.36. The van der Waals surface area contributed by atoms with Crippen LogP contribution < -0.4 is 0 Å². The fourth-order valence-electron chi connectivity index (χ4n) is 0.485. The van der Waals surface area contributed by atoms with E-state index < -0.39 is 26.5 Å². The van der Waals surface area contributed by atoms with Gasteiger partial charge in [0.05, 0.1) is 0 Å². The van der Waals surface area contributed by atoms with Gasteiger partial charge in [-0.2, -0.15) is 0 Å². The van der Waals surface area contributed by atoms with Crippen LogP contribution >= 0.6 is 7.82 Å². The average Bonchev–Trinajstić information content (AvgIpc) is 1.95. The molecule has 0 aromatic rings. The van der Waals surface area contributed by atoms with Gasteiger partial charge in [0.25, 0.3) is 0 Å². The van der Waals surface area contributed by atoms with E-state index in [2.05, 4.69) is 9.26 Å². The lowest BCUT2D eigenvalue weighted by molar-refractivity contribution is -0.151. The van der Waals surface area contributed by atoms with Crippen LogP contribution in [0.15, 0.2) is 0 Å². The lowest BCUT2D eigenvalue weighted by Gasteiger charge is -2.10. The standard InChI is InChI=1S/C5H9O7P/c1-4(7)12-5(2-6)3-11-13(8,9)10/h2,5H,3H2,1H3,(H2,8,9,10). The number of rotatable bonds is 5. The minimum atomic E-state index is -4.63. The van der Waals surface area contributed by atoms with Gasteiger partial charge in [-0.05, 0) is 0 Å². The Hall–Kier alpha value is -0.750. The third kappa shape index (κ3) is 7.61. The molecule has 76 valence electrons. The zero-order chi connectivity index (χ0) is 10.5. The first-order valence-electron chi connectivity index (χ1n) is 3.18. The van der Waals surface area contributed by atoms with Gasteiger partial charge in [0, 0.05) is 6.92 Å². The van der Waals surface area contributed by atoms with E-state index in [4.69, 9.17) is 9.79 Å². The van der Waals surface area contributed by atoms with Crippen LogP contribution in [-0.4, -0.2) is 34.8 Å². The van der Waals surface area contributed by atoms with Crippen LogP contribution in [0.5, 0.6) is 0 Å². The number of hydrogen-bond acceptors (Lipinski definition) is 5. The first-order chi connectivity index (χ1) is 5.85. The summed E-state index contributed by atoms with van der Waals surface area (Å²) in [6.07, 6.45) is -1.07. The molecule has 1 atom stereocenters. The van der Waals surface area contributed by atoms with E-state index in [-0.39, 0.29) is 6.29 Å². The Morgan fingerprint density at radius 2 is 2.15 bits per heavy atom. The van der Waals surface area contributed by atoms with Gasteiger partial charge in [-0.3, -0.25) is 14.1 Å². The molecule has 0 bridgehead atoms. The van der Waals surface area contributed by atoms with Crippen molar-refractivity contribution in [3.05, 3.63) is 0 Å². The molecule has 0 aliphatic carbocycles. The number of hydrogen-bond donors (Lipinski definition) is 2. The molecule has 0 fully saturated rings. The molecule has 0 saturated carbocycles. The SMILES string of the molecule is CC(=O)OC(C=O)COP(=O)(O)O. The largest absolute Gasteiger partial charge is 0.469 e. The van der Waals surface area contributed by atoms with Crippen molar-refractivity contribution in [1.82, 2.24) is 0 Å². The number of phosphoric ester groups is 1. The van der Waals surface area contributed by atoms with E-state index in [1.54, 1.807) is 0 Å². The second-order valence-electron chi connectivity index (χ2n) is 2.07. The van der Waals surface area contributed by atoms with Crippen molar-refractivity contribution in [1.29, 1.82) is 0 Å². The van der Waals surface area contributed by atoms with E-state index in [0.717, 1.165) is 6.92 Å². The molecule has 0 amide bonds. The number of carbonyl (C=O) groups excluding carboxylic acids is 2. The minimum Gasteiger partial charge on any atom is -0.452 e. The van der Waals surface area contributed by atoms with Crippen LogP contribution in [-0.2, 0) is 23.4 Å². The smallest absolute Gasteiger partial charge is 0.452 e. The van der Waals surface area contributed by atoms with Gasteiger partial charge in [-0.15, -0.1) is 0 Å². The minimum absolute atomic E-state index is 0.219. The third-order valence-electron chi connectivity index (χ3n) is 0.876. The van der Waals surface area contributed by atoms with Crippen molar-refractivity contribution in [2.24, 2.45) is 0 Å². The van der Waals surface area contributed by atoms with Gasteiger partial charge in [-0.1, -0.05) is 0 Å². The molecule has 7 nitrogen and oxygen atoms in total. The van der Waals surface area contributed by atoms with E-state index in [0.29, 0.717) is 0 Å². The van der Waals surface area contributed by atoms with E-state index in [9.17, 15) is 14.2 Å². The van der Waals surface area contributed by atoms with Crippen molar-refractivity contribution >= 4 is 20.1 Å².